The third kappa shape index (κ3) is 4.62. The van der Waals surface area contributed by atoms with E-state index in [1.807, 2.05) is 6.92 Å². The summed E-state index contributed by atoms with van der Waals surface area (Å²) in [5, 5.41) is 9.39. The number of rotatable bonds is 7. The van der Waals surface area contributed by atoms with Crippen molar-refractivity contribution < 1.29 is 8.42 Å². The molecule has 0 unspecified atom stereocenters. The molecule has 1 N–H and O–H groups in total. The van der Waals surface area contributed by atoms with E-state index in [0.717, 1.165) is 11.0 Å². The molecule has 0 bridgehead atoms. The predicted molar refractivity (Wildman–Crippen MR) is 99.2 cm³/mol. The zero-order valence-electron chi connectivity index (χ0n) is 14.4. The van der Waals surface area contributed by atoms with Crippen LogP contribution >= 0.6 is 11.8 Å². The lowest BCUT2D eigenvalue weighted by Crippen LogP contribution is -2.26. The van der Waals surface area contributed by atoms with Crippen molar-refractivity contribution in [2.75, 3.05) is 12.3 Å². The summed E-state index contributed by atoms with van der Waals surface area (Å²) in [6.45, 7) is 2.35. The molecule has 3 rings (SSSR count). The van der Waals surface area contributed by atoms with Gasteiger partial charge in [0.15, 0.2) is 5.16 Å². The molecule has 0 amide bonds. The van der Waals surface area contributed by atoms with Gasteiger partial charge < -0.3 is 4.57 Å². The molecule has 0 atom stereocenters. The van der Waals surface area contributed by atoms with E-state index < -0.39 is 10.0 Å². The highest BCUT2D eigenvalue weighted by Crippen LogP contribution is 2.32. The molecule has 1 fully saturated rings. The Morgan fingerprint density at radius 1 is 1.16 bits per heavy atom. The van der Waals surface area contributed by atoms with E-state index >= 15 is 0 Å². The Hall–Kier alpha value is -1.38. The third-order valence-corrected chi connectivity index (χ3v) is 6.88. The van der Waals surface area contributed by atoms with Gasteiger partial charge in [-0.1, -0.05) is 49.2 Å². The van der Waals surface area contributed by atoms with Crippen molar-refractivity contribution in [3.05, 3.63) is 36.2 Å². The zero-order valence-corrected chi connectivity index (χ0v) is 16.0. The van der Waals surface area contributed by atoms with Gasteiger partial charge >= 0.3 is 0 Å². The number of hydrogen-bond acceptors (Lipinski definition) is 5. The Kier molecular flexibility index (Phi) is 6.14. The highest BCUT2D eigenvalue weighted by atomic mass is 32.2. The Morgan fingerprint density at radius 2 is 1.88 bits per heavy atom. The molecule has 0 aliphatic heterocycles. The smallest absolute Gasteiger partial charge is 0.240 e. The average molecular weight is 381 g/mol. The molecule has 6 nitrogen and oxygen atoms in total. The molecule has 2 aromatic rings. The molecule has 1 aromatic heterocycles. The molecule has 1 aromatic carbocycles. The first-order valence-corrected chi connectivity index (χ1v) is 11.1. The van der Waals surface area contributed by atoms with Crippen molar-refractivity contribution in [3.8, 4) is 0 Å². The van der Waals surface area contributed by atoms with E-state index in [1.54, 1.807) is 42.1 Å². The van der Waals surface area contributed by atoms with Gasteiger partial charge in [-0.2, -0.15) is 0 Å². The normalized spacial score (nSPS) is 16.2. The standard InChI is InChI=1S/C17H24N4O2S2/c1-14-19-20-17(21(14)15-8-4-2-5-9-15)24-13-12-18-25(22,23)16-10-6-3-7-11-16/h3,6-7,10-11,15,18H,2,4-5,8-9,12-13H2,1H3. The maximum atomic E-state index is 12.2. The van der Waals surface area contributed by atoms with Gasteiger partial charge in [0, 0.05) is 18.3 Å². The van der Waals surface area contributed by atoms with Crippen LogP contribution in [0.5, 0.6) is 0 Å². The first-order valence-electron chi connectivity index (χ1n) is 8.67. The van der Waals surface area contributed by atoms with Crippen LogP contribution < -0.4 is 4.72 Å². The van der Waals surface area contributed by atoms with E-state index in [0.29, 0.717) is 23.2 Å². The number of nitrogens with zero attached hydrogens (tertiary/aromatic N) is 3. The number of sulfonamides is 1. The van der Waals surface area contributed by atoms with E-state index in [1.165, 1.54) is 32.1 Å². The number of aryl methyl sites for hydroxylation is 1. The zero-order chi connectivity index (χ0) is 17.7. The summed E-state index contributed by atoms with van der Waals surface area (Å²) in [5.74, 6) is 1.57. The summed E-state index contributed by atoms with van der Waals surface area (Å²) in [6, 6.07) is 8.91. The second kappa shape index (κ2) is 8.33. The van der Waals surface area contributed by atoms with Gasteiger partial charge in [0.05, 0.1) is 4.90 Å². The minimum atomic E-state index is -3.45. The fourth-order valence-corrected chi connectivity index (χ4v) is 5.30. The number of thioether (sulfide) groups is 1. The van der Waals surface area contributed by atoms with Gasteiger partial charge in [-0.15, -0.1) is 10.2 Å². The SMILES string of the molecule is Cc1nnc(SCCNS(=O)(=O)c2ccccc2)n1C1CCCCC1. The van der Waals surface area contributed by atoms with Crippen LogP contribution in [0.3, 0.4) is 0 Å². The minimum absolute atomic E-state index is 0.293. The molecule has 0 radical (unpaired) electrons. The molecule has 1 aliphatic carbocycles. The summed E-state index contributed by atoms with van der Waals surface area (Å²) in [4.78, 5) is 0.293. The number of aromatic nitrogens is 3. The highest BCUT2D eigenvalue weighted by molar-refractivity contribution is 7.99. The predicted octanol–water partition coefficient (Wildman–Crippen LogP) is 3.16. The number of benzene rings is 1. The fourth-order valence-electron chi connectivity index (χ4n) is 3.21. The largest absolute Gasteiger partial charge is 0.303 e. The summed E-state index contributed by atoms with van der Waals surface area (Å²) in [5.41, 5.74) is 0. The topological polar surface area (TPSA) is 76.9 Å². The molecule has 1 heterocycles. The molecule has 1 aliphatic rings. The van der Waals surface area contributed by atoms with E-state index in [9.17, 15) is 8.42 Å². The van der Waals surface area contributed by atoms with E-state index in [-0.39, 0.29) is 0 Å². The molecule has 136 valence electrons. The van der Waals surface area contributed by atoms with E-state index in [4.69, 9.17) is 0 Å². The Labute approximate surface area is 153 Å². The Morgan fingerprint density at radius 3 is 2.60 bits per heavy atom. The Bertz CT molecular complexity index is 784. The Balaban J connectivity index is 1.56. The van der Waals surface area contributed by atoms with Crippen LogP contribution in [0, 0.1) is 6.92 Å². The van der Waals surface area contributed by atoms with Crippen LogP contribution in [0.25, 0.3) is 0 Å². The van der Waals surface area contributed by atoms with Gasteiger partial charge in [-0.05, 0) is 31.9 Å². The van der Waals surface area contributed by atoms with Crippen molar-refractivity contribution in [2.45, 2.75) is 55.1 Å². The van der Waals surface area contributed by atoms with Crippen LogP contribution in [-0.2, 0) is 10.0 Å². The molecular formula is C17H24N4O2S2. The van der Waals surface area contributed by atoms with Gasteiger partial charge in [0.1, 0.15) is 5.82 Å². The quantitative estimate of drug-likeness (QED) is 0.590. The highest BCUT2D eigenvalue weighted by Gasteiger charge is 2.21. The van der Waals surface area contributed by atoms with Crippen molar-refractivity contribution in [1.82, 2.24) is 19.5 Å². The first-order chi connectivity index (χ1) is 12.1. The maximum Gasteiger partial charge on any atom is 0.240 e. The fraction of sp³-hybridized carbons (Fsp3) is 0.529. The molecule has 0 saturated heterocycles. The van der Waals surface area contributed by atoms with Gasteiger partial charge in [0.25, 0.3) is 0 Å². The van der Waals surface area contributed by atoms with Crippen LogP contribution in [-0.4, -0.2) is 35.5 Å². The lowest BCUT2D eigenvalue weighted by molar-refractivity contribution is 0.332. The van der Waals surface area contributed by atoms with Crippen LogP contribution in [0.15, 0.2) is 40.4 Å². The summed E-state index contributed by atoms with van der Waals surface area (Å²) in [7, 11) is -3.45. The summed E-state index contributed by atoms with van der Waals surface area (Å²) < 4.78 is 29.3. The van der Waals surface area contributed by atoms with Crippen LogP contribution in [0.1, 0.15) is 44.0 Å². The van der Waals surface area contributed by atoms with Crippen molar-refractivity contribution in [1.29, 1.82) is 0 Å². The van der Waals surface area contributed by atoms with Gasteiger partial charge in [-0.3, -0.25) is 0 Å². The van der Waals surface area contributed by atoms with Crippen LogP contribution in [0.4, 0.5) is 0 Å². The molecule has 1 saturated carbocycles. The molecule has 8 heteroatoms. The molecule has 0 spiro atoms. The maximum absolute atomic E-state index is 12.2. The monoisotopic (exact) mass is 380 g/mol. The van der Waals surface area contributed by atoms with Crippen molar-refractivity contribution in [2.24, 2.45) is 0 Å². The first kappa shape index (κ1) is 18.4. The van der Waals surface area contributed by atoms with Crippen molar-refractivity contribution in [3.63, 3.8) is 0 Å². The second-order valence-electron chi connectivity index (χ2n) is 6.25. The number of nitrogens with one attached hydrogen (secondary N) is 1. The van der Waals surface area contributed by atoms with Gasteiger partial charge in [-0.25, -0.2) is 13.1 Å². The molecule has 25 heavy (non-hydrogen) atoms. The average Bonchev–Trinajstić information content (AvgIpc) is 3.01. The van der Waals surface area contributed by atoms with Crippen molar-refractivity contribution >= 4 is 21.8 Å². The lowest BCUT2D eigenvalue weighted by Gasteiger charge is -2.25. The van der Waals surface area contributed by atoms with Gasteiger partial charge in [0.2, 0.25) is 10.0 Å². The summed E-state index contributed by atoms with van der Waals surface area (Å²) >= 11 is 1.56. The molecular weight excluding hydrogens is 356 g/mol. The second-order valence-corrected chi connectivity index (χ2v) is 9.08. The van der Waals surface area contributed by atoms with Crippen LogP contribution in [0.2, 0.25) is 0 Å². The lowest BCUT2D eigenvalue weighted by atomic mass is 9.95. The summed E-state index contributed by atoms with van der Waals surface area (Å²) in [6.07, 6.45) is 6.16. The van der Waals surface area contributed by atoms with E-state index in [2.05, 4.69) is 19.5 Å². The third-order valence-electron chi connectivity index (χ3n) is 4.45. The minimum Gasteiger partial charge on any atom is -0.303 e. The number of hydrogen-bond donors (Lipinski definition) is 1.